The lowest BCUT2D eigenvalue weighted by atomic mass is 10.2. The highest BCUT2D eigenvalue weighted by atomic mass is 35.5. The van der Waals surface area contributed by atoms with E-state index in [1.54, 1.807) is 34.8 Å². The SMILES string of the molecule is Cc1ccc(NC(=O)C(=O)NCCc2csc3nc(-c4ccc(F)cc4)nn23)cc1Cl. The molecule has 0 spiro atoms. The van der Waals surface area contributed by atoms with Crippen LogP contribution in [0.25, 0.3) is 16.3 Å². The van der Waals surface area contributed by atoms with Gasteiger partial charge in [0.05, 0.1) is 5.69 Å². The van der Waals surface area contributed by atoms with Gasteiger partial charge in [-0.1, -0.05) is 17.7 Å². The smallest absolute Gasteiger partial charge is 0.313 e. The van der Waals surface area contributed by atoms with Crippen molar-refractivity contribution in [1.29, 1.82) is 0 Å². The molecule has 2 aromatic carbocycles. The maximum absolute atomic E-state index is 13.1. The highest BCUT2D eigenvalue weighted by Crippen LogP contribution is 2.22. The minimum atomic E-state index is -0.769. The van der Waals surface area contributed by atoms with Crippen molar-refractivity contribution in [3.05, 3.63) is 69.9 Å². The molecule has 4 aromatic rings. The summed E-state index contributed by atoms with van der Waals surface area (Å²) in [5.41, 5.74) is 2.88. The maximum Gasteiger partial charge on any atom is 0.313 e. The molecule has 31 heavy (non-hydrogen) atoms. The minimum absolute atomic E-state index is 0.248. The van der Waals surface area contributed by atoms with Gasteiger partial charge in [0.2, 0.25) is 4.96 Å². The summed E-state index contributed by atoms with van der Waals surface area (Å²) in [7, 11) is 0. The van der Waals surface area contributed by atoms with Gasteiger partial charge in [-0.2, -0.15) is 4.98 Å². The number of aryl methyl sites for hydroxylation is 1. The van der Waals surface area contributed by atoms with Crippen molar-refractivity contribution in [2.75, 3.05) is 11.9 Å². The number of fused-ring (bicyclic) bond motifs is 1. The van der Waals surface area contributed by atoms with Crippen LogP contribution in [0, 0.1) is 12.7 Å². The normalized spacial score (nSPS) is 10.9. The van der Waals surface area contributed by atoms with Gasteiger partial charge in [0.1, 0.15) is 5.82 Å². The Kier molecular flexibility index (Phi) is 5.97. The van der Waals surface area contributed by atoms with E-state index in [0.29, 0.717) is 33.5 Å². The Bertz CT molecular complexity index is 1270. The summed E-state index contributed by atoms with van der Waals surface area (Å²) in [6.07, 6.45) is 0.460. The molecule has 0 atom stereocenters. The molecule has 0 saturated heterocycles. The minimum Gasteiger partial charge on any atom is -0.347 e. The van der Waals surface area contributed by atoms with Crippen LogP contribution >= 0.6 is 22.9 Å². The molecule has 10 heteroatoms. The predicted molar refractivity (Wildman–Crippen MR) is 118 cm³/mol. The molecule has 2 amide bonds. The molecule has 0 saturated carbocycles. The zero-order chi connectivity index (χ0) is 22.0. The maximum atomic E-state index is 13.1. The molecule has 7 nitrogen and oxygen atoms in total. The van der Waals surface area contributed by atoms with E-state index >= 15 is 0 Å². The number of rotatable bonds is 5. The molecule has 0 aliphatic carbocycles. The third-order valence-electron chi connectivity index (χ3n) is 4.55. The Morgan fingerprint density at radius 3 is 2.68 bits per heavy atom. The van der Waals surface area contributed by atoms with Crippen molar-refractivity contribution in [1.82, 2.24) is 19.9 Å². The summed E-state index contributed by atoms with van der Waals surface area (Å²) in [4.78, 5) is 29.3. The van der Waals surface area contributed by atoms with E-state index in [4.69, 9.17) is 11.6 Å². The number of amides is 2. The number of aromatic nitrogens is 3. The van der Waals surface area contributed by atoms with Crippen LogP contribution in [0.3, 0.4) is 0 Å². The second-order valence-corrected chi connectivity index (χ2v) is 8.03. The van der Waals surface area contributed by atoms with Crippen molar-refractivity contribution in [3.63, 3.8) is 0 Å². The van der Waals surface area contributed by atoms with Crippen LogP contribution in [0.1, 0.15) is 11.3 Å². The molecule has 0 radical (unpaired) electrons. The van der Waals surface area contributed by atoms with Crippen molar-refractivity contribution >= 4 is 45.4 Å². The first-order valence-electron chi connectivity index (χ1n) is 9.35. The third-order valence-corrected chi connectivity index (χ3v) is 5.83. The highest BCUT2D eigenvalue weighted by Gasteiger charge is 2.15. The lowest BCUT2D eigenvalue weighted by molar-refractivity contribution is -0.136. The van der Waals surface area contributed by atoms with Gasteiger partial charge < -0.3 is 10.6 Å². The van der Waals surface area contributed by atoms with E-state index in [2.05, 4.69) is 20.7 Å². The predicted octanol–water partition coefficient (Wildman–Crippen LogP) is 3.86. The average molecular weight is 458 g/mol. The van der Waals surface area contributed by atoms with Crippen LogP contribution in [-0.4, -0.2) is 33.0 Å². The molecular formula is C21H17ClFN5O2S. The number of nitrogens with zero attached hydrogens (tertiary/aromatic N) is 3. The van der Waals surface area contributed by atoms with Gasteiger partial charge in [-0.05, 0) is 48.9 Å². The van der Waals surface area contributed by atoms with Gasteiger partial charge in [-0.3, -0.25) is 9.59 Å². The summed E-state index contributed by atoms with van der Waals surface area (Å²) in [6.45, 7) is 2.10. The Hall–Kier alpha value is -3.30. The molecule has 0 aliphatic heterocycles. The number of hydrogen-bond acceptors (Lipinski definition) is 5. The van der Waals surface area contributed by atoms with Gasteiger partial charge >= 0.3 is 11.8 Å². The van der Waals surface area contributed by atoms with Crippen LogP contribution in [-0.2, 0) is 16.0 Å². The first-order chi connectivity index (χ1) is 14.9. The number of carbonyl (C=O) groups is 2. The number of benzene rings is 2. The van der Waals surface area contributed by atoms with E-state index in [1.165, 1.54) is 23.5 Å². The molecule has 0 aliphatic rings. The van der Waals surface area contributed by atoms with Crippen LogP contribution in [0.15, 0.2) is 47.8 Å². The Morgan fingerprint density at radius 2 is 1.94 bits per heavy atom. The second-order valence-electron chi connectivity index (χ2n) is 6.79. The largest absolute Gasteiger partial charge is 0.347 e. The summed E-state index contributed by atoms with van der Waals surface area (Å²) in [6, 6.07) is 11.0. The summed E-state index contributed by atoms with van der Waals surface area (Å²) in [5, 5.41) is 12.0. The van der Waals surface area contributed by atoms with Gasteiger partial charge in [0.25, 0.3) is 0 Å². The Balaban J connectivity index is 1.35. The van der Waals surface area contributed by atoms with Gasteiger partial charge in [-0.15, -0.1) is 16.4 Å². The first kappa shape index (κ1) is 21.0. The molecule has 0 fully saturated rings. The highest BCUT2D eigenvalue weighted by molar-refractivity contribution is 7.15. The van der Waals surface area contributed by atoms with E-state index < -0.39 is 11.8 Å². The van der Waals surface area contributed by atoms with Crippen LogP contribution in [0.4, 0.5) is 10.1 Å². The quantitative estimate of drug-likeness (QED) is 0.445. The van der Waals surface area contributed by atoms with Crippen molar-refractivity contribution in [2.24, 2.45) is 0 Å². The van der Waals surface area contributed by atoms with Crippen LogP contribution in [0.2, 0.25) is 5.02 Å². The number of carbonyl (C=O) groups excluding carboxylic acids is 2. The number of hydrogen-bond donors (Lipinski definition) is 2. The van der Waals surface area contributed by atoms with Gasteiger partial charge in [-0.25, -0.2) is 8.91 Å². The van der Waals surface area contributed by atoms with E-state index in [9.17, 15) is 14.0 Å². The first-order valence-corrected chi connectivity index (χ1v) is 10.6. The molecule has 0 unspecified atom stereocenters. The second kappa shape index (κ2) is 8.83. The average Bonchev–Trinajstić information content (AvgIpc) is 3.33. The monoisotopic (exact) mass is 457 g/mol. The van der Waals surface area contributed by atoms with E-state index in [-0.39, 0.29) is 12.4 Å². The Labute approximate surface area is 185 Å². The lowest BCUT2D eigenvalue weighted by Gasteiger charge is -2.07. The standard InChI is InChI=1S/C21H17ClFN5O2S/c1-12-2-7-15(10-17(12)22)25-20(30)19(29)24-9-8-16-11-31-21-26-18(27-28(16)21)13-3-5-14(23)6-4-13/h2-7,10-11H,8-9H2,1H3,(H,24,29)(H,25,30). The van der Waals surface area contributed by atoms with Crippen LogP contribution < -0.4 is 10.6 Å². The molecular weight excluding hydrogens is 441 g/mol. The molecule has 0 bridgehead atoms. The topological polar surface area (TPSA) is 88.4 Å². The molecule has 2 N–H and O–H groups in total. The third kappa shape index (κ3) is 4.73. The molecule has 2 heterocycles. The van der Waals surface area contributed by atoms with Gasteiger partial charge in [0.15, 0.2) is 5.82 Å². The molecule has 2 aromatic heterocycles. The zero-order valence-electron chi connectivity index (χ0n) is 16.4. The van der Waals surface area contributed by atoms with E-state index in [1.807, 2.05) is 12.3 Å². The number of nitrogens with one attached hydrogen (secondary N) is 2. The lowest BCUT2D eigenvalue weighted by Crippen LogP contribution is -2.36. The van der Waals surface area contributed by atoms with Crippen molar-refractivity contribution in [2.45, 2.75) is 13.3 Å². The number of halogens is 2. The zero-order valence-corrected chi connectivity index (χ0v) is 17.9. The van der Waals surface area contributed by atoms with E-state index in [0.717, 1.165) is 11.3 Å². The fourth-order valence-electron chi connectivity index (χ4n) is 2.86. The van der Waals surface area contributed by atoms with Crippen molar-refractivity contribution in [3.8, 4) is 11.4 Å². The number of thiazole rings is 1. The Morgan fingerprint density at radius 1 is 1.16 bits per heavy atom. The fraction of sp³-hybridized carbons (Fsp3) is 0.143. The van der Waals surface area contributed by atoms with Crippen molar-refractivity contribution < 1.29 is 14.0 Å². The fourth-order valence-corrected chi connectivity index (χ4v) is 3.90. The summed E-state index contributed by atoms with van der Waals surface area (Å²) < 4.78 is 14.8. The summed E-state index contributed by atoms with van der Waals surface area (Å²) in [5.74, 6) is -1.34. The summed E-state index contributed by atoms with van der Waals surface area (Å²) >= 11 is 7.44. The van der Waals surface area contributed by atoms with Crippen LogP contribution in [0.5, 0.6) is 0 Å². The van der Waals surface area contributed by atoms with Gasteiger partial charge in [0, 0.05) is 34.6 Å². The number of anilines is 1. The molecule has 158 valence electrons. The molecule has 4 rings (SSSR count).